The number of carbonyl (C=O) groups excluding carboxylic acids is 1. The third kappa shape index (κ3) is 4.74. The predicted molar refractivity (Wildman–Crippen MR) is 115 cm³/mol. The van der Waals surface area contributed by atoms with Crippen LogP contribution in [0.2, 0.25) is 0 Å². The van der Waals surface area contributed by atoms with Crippen molar-refractivity contribution in [2.24, 2.45) is 5.92 Å². The molecular weight excluding hydrogens is 384 g/mol. The van der Waals surface area contributed by atoms with Gasteiger partial charge in [0.1, 0.15) is 5.75 Å². The highest BCUT2D eigenvalue weighted by Crippen LogP contribution is 2.37. The fourth-order valence-corrected chi connectivity index (χ4v) is 4.22. The Balaban J connectivity index is 1.35. The number of aromatic nitrogens is 2. The third-order valence-corrected chi connectivity index (χ3v) is 5.81. The van der Waals surface area contributed by atoms with Crippen molar-refractivity contribution in [2.75, 3.05) is 23.4 Å². The van der Waals surface area contributed by atoms with Crippen LogP contribution in [0.1, 0.15) is 31.5 Å². The average molecular weight is 409 g/mol. The summed E-state index contributed by atoms with van der Waals surface area (Å²) < 4.78 is 5.65. The topological polar surface area (TPSA) is 67.3 Å². The summed E-state index contributed by atoms with van der Waals surface area (Å²) in [6.45, 7) is 3.18. The summed E-state index contributed by atoms with van der Waals surface area (Å²) in [6.07, 6.45) is 5.54. The Morgan fingerprint density at radius 2 is 2.07 bits per heavy atom. The summed E-state index contributed by atoms with van der Waals surface area (Å²) in [5, 5.41) is 5.63. The number of rotatable bonds is 7. The molecule has 7 heteroatoms. The number of ether oxygens (including phenoxy) is 1. The van der Waals surface area contributed by atoms with E-state index in [-0.39, 0.29) is 17.9 Å². The zero-order valence-electron chi connectivity index (χ0n) is 16.3. The van der Waals surface area contributed by atoms with Crippen molar-refractivity contribution in [1.82, 2.24) is 9.97 Å². The van der Waals surface area contributed by atoms with E-state index >= 15 is 0 Å². The Bertz CT molecular complexity index is 932. The summed E-state index contributed by atoms with van der Waals surface area (Å²) in [4.78, 5) is 23.6. The number of thiazole rings is 1. The van der Waals surface area contributed by atoms with Crippen LogP contribution in [0.5, 0.6) is 5.75 Å². The quantitative estimate of drug-likeness (QED) is 0.622. The molecule has 0 radical (unpaired) electrons. The lowest BCUT2D eigenvalue weighted by Crippen LogP contribution is -2.25. The molecule has 1 amide bonds. The van der Waals surface area contributed by atoms with Crippen LogP contribution < -0.4 is 15.0 Å². The molecule has 2 aromatic heterocycles. The van der Waals surface area contributed by atoms with Gasteiger partial charge in [-0.2, -0.15) is 0 Å². The average Bonchev–Trinajstić information content (AvgIpc) is 3.42. The molecule has 0 bridgehead atoms. The molecule has 1 aromatic carbocycles. The number of hydrogen-bond acceptors (Lipinski definition) is 6. The molecule has 3 heterocycles. The standard InChI is InChI=1S/C22H24N4O2S/c1-16(14-28-18-9-11-23-12-10-18)21(27)25-22-24-19(15-29-22)20-8-5-13-26(20)17-6-3-2-4-7-17/h2-4,6-7,9-12,15-16,20H,5,8,13-14H2,1H3,(H,24,25,27)/t16?,20-/m1/s1. The van der Waals surface area contributed by atoms with Gasteiger partial charge in [0.15, 0.2) is 5.13 Å². The van der Waals surface area contributed by atoms with Crippen LogP contribution in [-0.4, -0.2) is 29.0 Å². The first-order chi connectivity index (χ1) is 14.2. The van der Waals surface area contributed by atoms with Crippen LogP contribution in [0.15, 0.2) is 60.2 Å². The van der Waals surface area contributed by atoms with Crippen molar-refractivity contribution < 1.29 is 9.53 Å². The van der Waals surface area contributed by atoms with Gasteiger partial charge < -0.3 is 15.0 Å². The number of anilines is 2. The Kier molecular flexibility index (Phi) is 6.05. The maximum absolute atomic E-state index is 12.5. The number of carbonyl (C=O) groups is 1. The van der Waals surface area contributed by atoms with E-state index in [1.165, 1.54) is 17.0 Å². The molecule has 1 N–H and O–H groups in total. The zero-order chi connectivity index (χ0) is 20.1. The number of hydrogen-bond donors (Lipinski definition) is 1. The first kappa shape index (κ1) is 19.4. The van der Waals surface area contributed by atoms with Gasteiger partial charge in [0.2, 0.25) is 5.91 Å². The van der Waals surface area contributed by atoms with Gasteiger partial charge in [-0.1, -0.05) is 25.1 Å². The van der Waals surface area contributed by atoms with E-state index in [0.717, 1.165) is 25.1 Å². The predicted octanol–water partition coefficient (Wildman–Crippen LogP) is 4.53. The number of nitrogens with one attached hydrogen (secondary N) is 1. The SMILES string of the molecule is CC(COc1ccncc1)C(=O)Nc1nc([C@H]2CCCN2c2ccccc2)cs1. The third-order valence-electron chi connectivity index (χ3n) is 5.03. The molecule has 1 aliphatic rings. The van der Waals surface area contributed by atoms with E-state index in [2.05, 4.69) is 44.8 Å². The fraction of sp³-hybridized carbons (Fsp3) is 0.318. The maximum Gasteiger partial charge on any atom is 0.232 e. The highest BCUT2D eigenvalue weighted by molar-refractivity contribution is 7.13. The normalized spacial score (nSPS) is 17.1. The first-order valence-electron chi connectivity index (χ1n) is 9.81. The number of benzene rings is 1. The molecule has 4 rings (SSSR count). The maximum atomic E-state index is 12.5. The Labute approximate surface area is 174 Å². The van der Waals surface area contributed by atoms with Crippen LogP contribution in [0.25, 0.3) is 0 Å². The van der Waals surface area contributed by atoms with Crippen molar-refractivity contribution in [3.8, 4) is 5.75 Å². The minimum atomic E-state index is -0.289. The van der Waals surface area contributed by atoms with Crippen LogP contribution >= 0.6 is 11.3 Å². The largest absolute Gasteiger partial charge is 0.493 e. The molecule has 6 nitrogen and oxygen atoms in total. The summed E-state index contributed by atoms with van der Waals surface area (Å²) in [7, 11) is 0. The van der Waals surface area contributed by atoms with Crippen molar-refractivity contribution in [1.29, 1.82) is 0 Å². The summed E-state index contributed by atoms with van der Waals surface area (Å²) >= 11 is 1.48. The van der Waals surface area contributed by atoms with E-state index in [1.807, 2.05) is 13.0 Å². The van der Waals surface area contributed by atoms with Crippen LogP contribution in [0.3, 0.4) is 0 Å². The smallest absolute Gasteiger partial charge is 0.232 e. The van der Waals surface area contributed by atoms with Gasteiger partial charge in [-0.15, -0.1) is 11.3 Å². The van der Waals surface area contributed by atoms with E-state index < -0.39 is 0 Å². The second kappa shape index (κ2) is 9.05. The molecule has 29 heavy (non-hydrogen) atoms. The number of amides is 1. The first-order valence-corrected chi connectivity index (χ1v) is 10.7. The van der Waals surface area contributed by atoms with Crippen LogP contribution in [0, 0.1) is 5.92 Å². The summed E-state index contributed by atoms with van der Waals surface area (Å²) in [5.41, 5.74) is 2.24. The van der Waals surface area contributed by atoms with Crippen LogP contribution in [-0.2, 0) is 4.79 Å². The lowest BCUT2D eigenvalue weighted by atomic mass is 10.1. The number of nitrogens with zero attached hydrogens (tertiary/aromatic N) is 3. The highest BCUT2D eigenvalue weighted by atomic mass is 32.1. The van der Waals surface area contributed by atoms with Gasteiger partial charge in [0.25, 0.3) is 0 Å². The van der Waals surface area contributed by atoms with Gasteiger partial charge in [-0.05, 0) is 37.1 Å². The lowest BCUT2D eigenvalue weighted by Gasteiger charge is -2.25. The minimum absolute atomic E-state index is 0.0914. The van der Waals surface area contributed by atoms with Crippen molar-refractivity contribution in [2.45, 2.75) is 25.8 Å². The molecule has 0 saturated carbocycles. The number of pyridine rings is 1. The van der Waals surface area contributed by atoms with E-state index in [1.54, 1.807) is 24.5 Å². The molecule has 1 aliphatic heterocycles. The molecule has 0 aliphatic carbocycles. The molecule has 1 saturated heterocycles. The monoisotopic (exact) mass is 408 g/mol. The van der Waals surface area contributed by atoms with Gasteiger partial charge >= 0.3 is 0 Å². The summed E-state index contributed by atoms with van der Waals surface area (Å²) in [6, 6.07) is 14.2. The molecular formula is C22H24N4O2S. The van der Waals surface area contributed by atoms with Crippen molar-refractivity contribution >= 4 is 28.1 Å². The molecule has 2 atom stereocenters. The summed E-state index contributed by atoms with van der Waals surface area (Å²) in [5.74, 6) is 0.326. The van der Waals surface area contributed by atoms with Gasteiger partial charge in [-0.25, -0.2) is 4.98 Å². The lowest BCUT2D eigenvalue weighted by molar-refractivity contribution is -0.120. The Morgan fingerprint density at radius 3 is 2.86 bits per heavy atom. The van der Waals surface area contributed by atoms with E-state index in [9.17, 15) is 4.79 Å². The molecule has 1 fully saturated rings. The molecule has 0 spiro atoms. The Hall–Kier alpha value is -2.93. The van der Waals surface area contributed by atoms with E-state index in [4.69, 9.17) is 9.72 Å². The van der Waals surface area contributed by atoms with Gasteiger partial charge in [-0.3, -0.25) is 9.78 Å². The molecule has 1 unspecified atom stereocenters. The molecule has 150 valence electrons. The van der Waals surface area contributed by atoms with Gasteiger partial charge in [0, 0.05) is 30.0 Å². The second-order valence-corrected chi connectivity index (χ2v) is 8.01. The Morgan fingerprint density at radius 1 is 1.28 bits per heavy atom. The number of para-hydroxylation sites is 1. The van der Waals surface area contributed by atoms with Crippen molar-refractivity contribution in [3.05, 3.63) is 65.9 Å². The zero-order valence-corrected chi connectivity index (χ0v) is 17.1. The van der Waals surface area contributed by atoms with Crippen molar-refractivity contribution in [3.63, 3.8) is 0 Å². The second-order valence-electron chi connectivity index (χ2n) is 7.15. The van der Waals surface area contributed by atoms with Crippen LogP contribution in [0.4, 0.5) is 10.8 Å². The fourth-order valence-electron chi connectivity index (χ4n) is 3.46. The minimum Gasteiger partial charge on any atom is -0.493 e. The highest BCUT2D eigenvalue weighted by Gasteiger charge is 2.28. The van der Waals surface area contributed by atoms with Gasteiger partial charge in [0.05, 0.1) is 24.3 Å². The molecule has 3 aromatic rings. The van der Waals surface area contributed by atoms with E-state index in [0.29, 0.717) is 17.5 Å².